The van der Waals surface area contributed by atoms with Crippen molar-refractivity contribution in [3.05, 3.63) is 109 Å². The molecule has 0 saturated carbocycles. The molecule has 8 atom stereocenters. The number of anilines is 2. The van der Waals surface area contributed by atoms with Crippen LogP contribution >= 0.6 is 0 Å². The van der Waals surface area contributed by atoms with E-state index in [0.717, 1.165) is 11.8 Å². The number of cyclic esters (lactones) is 1. The van der Waals surface area contributed by atoms with Gasteiger partial charge in [0.05, 0.1) is 27.0 Å². The highest BCUT2D eigenvalue weighted by Crippen LogP contribution is 2.51. The third-order valence-electron chi connectivity index (χ3n) is 17.7. The van der Waals surface area contributed by atoms with Gasteiger partial charge in [-0.15, -0.1) is 0 Å². The number of carbonyl (C=O) groups is 5. The molecule has 4 heterocycles. The van der Waals surface area contributed by atoms with E-state index in [1.54, 1.807) is 44.2 Å². The first-order chi connectivity index (χ1) is 44.6. The van der Waals surface area contributed by atoms with E-state index in [9.17, 15) is 81.8 Å². The Morgan fingerprint density at radius 2 is 0.907 bits per heavy atom. The lowest BCUT2D eigenvalue weighted by atomic mass is 9.82. The Morgan fingerprint density at radius 3 is 1.22 bits per heavy atom. The lowest BCUT2D eigenvalue weighted by Crippen LogP contribution is -2.80. The van der Waals surface area contributed by atoms with Gasteiger partial charge in [0.2, 0.25) is 5.79 Å². The highest BCUT2D eigenvalue weighted by Gasteiger charge is 2.73. The smallest absolute Gasteiger partial charge is 0.426 e. The van der Waals surface area contributed by atoms with Crippen molar-refractivity contribution in [2.45, 2.75) is 205 Å². The number of alkyl halides is 12. The van der Waals surface area contributed by atoms with Crippen LogP contribution in [0.2, 0.25) is 36.3 Å². The van der Waals surface area contributed by atoms with Crippen molar-refractivity contribution in [1.82, 2.24) is 4.90 Å². The highest BCUT2D eigenvalue weighted by atomic mass is 28.4. The van der Waals surface area contributed by atoms with Crippen LogP contribution in [0.25, 0.3) is 0 Å². The zero-order chi connectivity index (χ0) is 74.1. The summed E-state index contributed by atoms with van der Waals surface area (Å²) >= 11 is 0. The van der Waals surface area contributed by atoms with Gasteiger partial charge in [0.25, 0.3) is 23.6 Å². The fourth-order valence-electron chi connectivity index (χ4n) is 11.2. The highest BCUT2D eigenvalue weighted by molar-refractivity contribution is 6.74. The monoisotopic (exact) mass is 1430 g/mol. The van der Waals surface area contributed by atoms with Gasteiger partial charge in [-0.1, -0.05) is 80.5 Å². The van der Waals surface area contributed by atoms with Crippen molar-refractivity contribution >= 4 is 69.5 Å². The summed E-state index contributed by atoms with van der Waals surface area (Å²) in [6.45, 7) is 24.2. The molecule has 97 heavy (non-hydrogen) atoms. The minimum absolute atomic E-state index is 0.0436. The summed E-state index contributed by atoms with van der Waals surface area (Å²) in [5, 5.41) is 9.57. The number of amides is 4. The van der Waals surface area contributed by atoms with E-state index in [1.807, 2.05) is 62.3 Å². The molecule has 8 rings (SSSR count). The second-order valence-electron chi connectivity index (χ2n) is 24.9. The Labute approximate surface area is 558 Å². The van der Waals surface area contributed by atoms with Gasteiger partial charge in [0.15, 0.2) is 57.7 Å². The number of hydrogen-bond donors (Lipinski definition) is 1. The number of aliphatic imine (C=N–C) groups is 1. The molecule has 31 heteroatoms. The van der Waals surface area contributed by atoms with E-state index in [4.69, 9.17) is 32.5 Å². The Balaban J connectivity index is 0.000000265. The molecule has 0 unspecified atom stereocenters. The number of methoxy groups -OCH3 is 3. The van der Waals surface area contributed by atoms with E-state index in [2.05, 4.69) is 4.99 Å². The van der Waals surface area contributed by atoms with Crippen LogP contribution in [-0.2, 0) is 37.5 Å². The first-order valence-corrected chi connectivity index (χ1v) is 36.0. The molecule has 4 amide bonds. The molecule has 4 fully saturated rings. The molecule has 4 aromatic carbocycles. The van der Waals surface area contributed by atoms with Gasteiger partial charge >= 0.3 is 30.7 Å². The fraction of sp³-hybridized carbons (Fsp3) is 0.545. The van der Waals surface area contributed by atoms with Crippen molar-refractivity contribution in [2.24, 2.45) is 10.4 Å². The maximum Gasteiger partial charge on any atom is 0.426 e. The van der Waals surface area contributed by atoms with Crippen molar-refractivity contribution in [1.29, 1.82) is 0 Å². The number of halogens is 12. The van der Waals surface area contributed by atoms with Crippen LogP contribution in [0.5, 0.6) is 17.2 Å². The number of hydrogen-bond acceptors (Lipinski definition) is 14. The quantitative estimate of drug-likeness (QED) is 0.0262. The number of benzene rings is 4. The number of esters is 1. The zero-order valence-corrected chi connectivity index (χ0v) is 59.1. The molecule has 1 N–H and O–H groups in total. The Bertz CT molecular complexity index is 3310. The van der Waals surface area contributed by atoms with Crippen molar-refractivity contribution in [3.63, 3.8) is 0 Å². The first kappa shape index (κ1) is 82.4. The standard InChI is InChI=1S/C18H26F3NO3Si.C18H24F3NO3Si.C12H12F3NO3.C9H8F3NO.C9H16O3/c1-6-26(7-2,8-3)25-17(4)15(18(19,20)21)22(16(17)23)13-9-11-14(24-5)12-10-13;1-5-26(6-2,7-3)25-17(4)15(18(19,20)21)22(16(17)24)14(23)13-11-9-8-10-12-13;1-11(18)9(12(13,14)15)16(10(11)17)7-3-5-8(19-2)6-4-7;1-14-8-4-2-7(3-5-8)13-6-9(10,11)12;1-6-7(10)12-9(5,11-6)8(2,3)4/h9-12,15H,6-8H2,1-5H3;8-12,15H,5-7H2,1-4H3;3-6,9,18H,1-2H3;2-6H,1H3;6H,1-5H3/t2*15-,17-;9-,11-;;6-,9-/m111.0/s1. The van der Waals surface area contributed by atoms with Gasteiger partial charge < -0.3 is 37.6 Å². The molecule has 0 bridgehead atoms. The van der Waals surface area contributed by atoms with E-state index in [0.29, 0.717) is 63.3 Å². The van der Waals surface area contributed by atoms with Crippen LogP contribution in [0, 0.1) is 5.41 Å². The number of β-lactam (4-membered cyclic amide) rings is 3. The van der Waals surface area contributed by atoms with Gasteiger partial charge in [-0.3, -0.25) is 38.9 Å². The fourth-order valence-corrected chi connectivity index (χ4v) is 17.2. The third-order valence-corrected chi connectivity index (χ3v) is 27.2. The normalized spacial score (nSPS) is 24.3. The maximum atomic E-state index is 13.9. The molecule has 0 aliphatic carbocycles. The number of aliphatic hydroxyl groups is 1. The largest absolute Gasteiger partial charge is 0.497 e. The van der Waals surface area contributed by atoms with Crippen LogP contribution in [0.15, 0.2) is 108 Å². The summed E-state index contributed by atoms with van der Waals surface area (Å²) in [6.07, 6.45) is -18.9. The molecule has 0 spiro atoms. The number of likely N-dealkylation sites (tertiary alicyclic amines) is 1. The Hall–Kier alpha value is -7.07. The number of ether oxygens (including phenoxy) is 5. The lowest BCUT2D eigenvalue weighted by Gasteiger charge is -2.56. The van der Waals surface area contributed by atoms with Gasteiger partial charge in [0.1, 0.15) is 23.5 Å². The second kappa shape index (κ2) is 31.4. The Kier molecular flexibility index (Phi) is 26.7. The topological polar surface area (TPSA) is 192 Å². The second-order valence-corrected chi connectivity index (χ2v) is 34.2. The molecule has 0 radical (unpaired) electrons. The van der Waals surface area contributed by atoms with Crippen molar-refractivity contribution in [2.75, 3.05) is 31.1 Å². The van der Waals surface area contributed by atoms with E-state index in [1.165, 1.54) is 108 Å². The van der Waals surface area contributed by atoms with Crippen molar-refractivity contribution < 1.29 is 114 Å². The summed E-state index contributed by atoms with van der Waals surface area (Å²) in [5.41, 5.74) is -5.98. The molecule has 4 aliphatic heterocycles. The number of rotatable bonds is 17. The molecule has 4 saturated heterocycles. The van der Waals surface area contributed by atoms with Gasteiger partial charge in [-0.25, -0.2) is 4.79 Å². The van der Waals surface area contributed by atoms with Crippen LogP contribution in [0.3, 0.4) is 0 Å². The van der Waals surface area contributed by atoms with E-state index in [-0.39, 0.29) is 40.2 Å². The predicted molar refractivity (Wildman–Crippen MR) is 344 cm³/mol. The minimum Gasteiger partial charge on any atom is -0.497 e. The molecule has 4 aliphatic rings. The minimum atomic E-state index is -4.76. The average Bonchev–Trinajstić information content (AvgIpc) is 1.14. The van der Waals surface area contributed by atoms with Gasteiger partial charge in [0, 0.05) is 29.3 Å². The summed E-state index contributed by atoms with van der Waals surface area (Å²) in [6, 6.07) is 22.4. The summed E-state index contributed by atoms with van der Waals surface area (Å²) in [5.74, 6) is -2.97. The third kappa shape index (κ3) is 18.6. The summed E-state index contributed by atoms with van der Waals surface area (Å²) < 4.78 is 194. The van der Waals surface area contributed by atoms with Crippen LogP contribution in [-0.4, -0.2) is 155 Å². The first-order valence-electron chi connectivity index (χ1n) is 31.0. The van der Waals surface area contributed by atoms with Crippen molar-refractivity contribution in [3.8, 4) is 17.2 Å². The maximum absolute atomic E-state index is 13.9. The van der Waals surface area contributed by atoms with E-state index >= 15 is 0 Å². The van der Waals surface area contributed by atoms with Crippen LogP contribution in [0.4, 0.5) is 69.7 Å². The zero-order valence-electron chi connectivity index (χ0n) is 57.1. The van der Waals surface area contributed by atoms with E-state index < -0.39 is 112 Å². The lowest BCUT2D eigenvalue weighted by molar-refractivity contribution is -0.252. The number of imide groups is 1. The van der Waals surface area contributed by atoms with Crippen LogP contribution < -0.4 is 24.0 Å². The molecule has 0 aromatic heterocycles. The summed E-state index contributed by atoms with van der Waals surface area (Å²) in [7, 11) is -0.511. The molecule has 17 nitrogen and oxygen atoms in total. The van der Waals surface area contributed by atoms with Gasteiger partial charge in [-0.2, -0.15) is 52.7 Å². The molecular formula is C66H86F12N4O13Si2. The predicted octanol–water partition coefficient (Wildman–Crippen LogP) is 15.5. The number of nitrogens with zero attached hydrogens (tertiary/aromatic N) is 4. The number of carbonyl (C=O) groups excluding carboxylic acids is 5. The summed E-state index contributed by atoms with van der Waals surface area (Å²) in [4.78, 5) is 65.6. The molecular weight excluding hydrogens is 1340 g/mol. The molecule has 540 valence electrons. The Morgan fingerprint density at radius 1 is 0.546 bits per heavy atom. The molecule has 4 aromatic rings. The van der Waals surface area contributed by atoms with Gasteiger partial charge in [-0.05, 0) is 149 Å². The average molecular weight is 1430 g/mol. The SMILES string of the molecule is CC[Si](CC)(CC)O[C@@]1(C)C(=O)N(C(=O)c2ccccc2)[C@H]1C(F)(F)F.CC[Si](CC)(CC)O[C@@]1(C)C(=O)N(c2ccc(OC)cc2)[C@H]1C(F)(F)F.COc1ccc(N2C(=O)[C@](C)(O)[C@@H]2C(F)(F)F)cc1.COc1ccc(N=CC(F)(F)F)cc1.C[C@@H]1O[C@](C)(C(C)(C)C)OC1=O. The van der Waals surface area contributed by atoms with Crippen LogP contribution in [0.1, 0.15) is 107 Å².